The van der Waals surface area contributed by atoms with Crippen LogP contribution in [-0.4, -0.2) is 17.6 Å². The Morgan fingerprint density at radius 2 is 2.00 bits per heavy atom. The third kappa shape index (κ3) is 2.48. The van der Waals surface area contributed by atoms with Crippen LogP contribution in [0.5, 0.6) is 0 Å². The summed E-state index contributed by atoms with van der Waals surface area (Å²) in [6, 6.07) is 4.94. The maximum absolute atomic E-state index is 5.90. The van der Waals surface area contributed by atoms with Gasteiger partial charge in [-0.3, -0.25) is 0 Å². The van der Waals surface area contributed by atoms with Crippen LogP contribution in [0.25, 0.3) is 0 Å². The van der Waals surface area contributed by atoms with Crippen molar-refractivity contribution in [3.8, 4) is 0 Å². The first-order valence-corrected chi connectivity index (χ1v) is 7.73. The first kappa shape index (κ1) is 12.9. The van der Waals surface area contributed by atoms with E-state index >= 15 is 0 Å². The normalized spacial score (nSPS) is 24.3. The van der Waals surface area contributed by atoms with Crippen molar-refractivity contribution in [2.75, 3.05) is 11.4 Å². The lowest BCUT2D eigenvalue weighted by atomic mass is 9.96. The molecule has 0 amide bonds. The smallest absolute Gasteiger partial charge is 0.133 e. The molecular formula is C16H25N3. The van der Waals surface area contributed by atoms with Gasteiger partial charge in [-0.2, -0.15) is 0 Å². The predicted molar refractivity (Wildman–Crippen MR) is 79.2 cm³/mol. The minimum absolute atomic E-state index is 0.594. The molecule has 2 heterocycles. The highest BCUT2D eigenvalue weighted by molar-refractivity contribution is 5.49. The van der Waals surface area contributed by atoms with Crippen molar-refractivity contribution in [3.05, 3.63) is 23.4 Å². The van der Waals surface area contributed by atoms with Gasteiger partial charge in [-0.1, -0.05) is 18.9 Å². The molecule has 1 aromatic rings. The van der Waals surface area contributed by atoms with Crippen molar-refractivity contribution >= 4 is 5.82 Å². The summed E-state index contributed by atoms with van der Waals surface area (Å²) in [4.78, 5) is 7.35. The number of nitrogens with two attached hydrogens (primary N) is 1. The Morgan fingerprint density at radius 1 is 1.21 bits per heavy atom. The fourth-order valence-corrected chi connectivity index (χ4v) is 3.87. The highest BCUT2D eigenvalue weighted by atomic mass is 15.2. The van der Waals surface area contributed by atoms with E-state index in [1.165, 1.54) is 44.1 Å². The molecule has 3 heteroatoms. The number of anilines is 1. The zero-order valence-corrected chi connectivity index (χ0v) is 11.9. The Morgan fingerprint density at radius 3 is 2.74 bits per heavy atom. The summed E-state index contributed by atoms with van der Waals surface area (Å²) in [5.41, 5.74) is 8.21. The second-order valence-corrected chi connectivity index (χ2v) is 6.09. The largest absolute Gasteiger partial charge is 0.353 e. The summed E-state index contributed by atoms with van der Waals surface area (Å²) in [7, 11) is 0. The number of aromatic nitrogens is 1. The van der Waals surface area contributed by atoms with Gasteiger partial charge in [0.25, 0.3) is 0 Å². The lowest BCUT2D eigenvalue weighted by Crippen LogP contribution is -2.36. The van der Waals surface area contributed by atoms with Gasteiger partial charge < -0.3 is 10.6 Å². The van der Waals surface area contributed by atoms with E-state index in [-0.39, 0.29) is 0 Å². The number of aryl methyl sites for hydroxylation is 1. The molecular weight excluding hydrogens is 234 g/mol. The lowest BCUT2D eigenvalue weighted by molar-refractivity contribution is 0.428. The highest BCUT2D eigenvalue weighted by Crippen LogP contribution is 2.38. The molecule has 19 heavy (non-hydrogen) atoms. The van der Waals surface area contributed by atoms with Gasteiger partial charge in [0.2, 0.25) is 0 Å². The van der Waals surface area contributed by atoms with Gasteiger partial charge >= 0.3 is 0 Å². The zero-order valence-electron chi connectivity index (χ0n) is 11.9. The van der Waals surface area contributed by atoms with Crippen molar-refractivity contribution in [1.82, 2.24) is 4.98 Å². The van der Waals surface area contributed by atoms with Crippen LogP contribution in [0.4, 0.5) is 5.82 Å². The first-order chi connectivity index (χ1) is 9.29. The predicted octanol–water partition coefficient (Wildman–Crippen LogP) is 3.01. The summed E-state index contributed by atoms with van der Waals surface area (Å²) in [6.07, 6.45) is 8.29. The van der Waals surface area contributed by atoms with E-state index in [2.05, 4.69) is 24.0 Å². The molecule has 2 fully saturated rings. The quantitative estimate of drug-likeness (QED) is 0.907. The molecule has 1 saturated heterocycles. The molecule has 0 bridgehead atoms. The van der Waals surface area contributed by atoms with E-state index in [4.69, 9.17) is 10.7 Å². The van der Waals surface area contributed by atoms with Crippen molar-refractivity contribution in [2.24, 2.45) is 11.7 Å². The monoisotopic (exact) mass is 259 g/mol. The number of hydrogen-bond acceptors (Lipinski definition) is 3. The van der Waals surface area contributed by atoms with Gasteiger partial charge in [-0.15, -0.1) is 0 Å². The number of nitrogens with zero attached hydrogens (tertiary/aromatic N) is 2. The molecule has 1 aromatic heterocycles. The second-order valence-electron chi connectivity index (χ2n) is 6.09. The maximum atomic E-state index is 5.90. The van der Waals surface area contributed by atoms with Gasteiger partial charge in [0, 0.05) is 30.4 Å². The maximum Gasteiger partial charge on any atom is 0.133 e. The van der Waals surface area contributed by atoms with Gasteiger partial charge in [0.05, 0.1) is 0 Å². The second kappa shape index (κ2) is 5.49. The van der Waals surface area contributed by atoms with E-state index in [1.807, 2.05) is 0 Å². The van der Waals surface area contributed by atoms with Crippen LogP contribution in [0, 0.1) is 12.8 Å². The van der Waals surface area contributed by atoms with Crippen LogP contribution in [0.2, 0.25) is 0 Å². The fraction of sp³-hybridized carbons (Fsp3) is 0.688. The molecule has 104 valence electrons. The van der Waals surface area contributed by atoms with E-state index in [0.29, 0.717) is 12.6 Å². The Kier molecular flexibility index (Phi) is 3.74. The standard InChI is InChI=1S/C16H25N3/c1-12-8-9-14(11-17)16(18-12)19-10-4-7-15(19)13-5-2-3-6-13/h8-9,13,15H,2-7,10-11,17H2,1H3. The van der Waals surface area contributed by atoms with E-state index in [1.54, 1.807) is 0 Å². The topological polar surface area (TPSA) is 42.1 Å². The van der Waals surface area contributed by atoms with Gasteiger partial charge in [-0.25, -0.2) is 4.98 Å². The van der Waals surface area contributed by atoms with Crippen LogP contribution >= 0.6 is 0 Å². The molecule has 1 saturated carbocycles. The Bertz CT molecular complexity index is 438. The van der Waals surface area contributed by atoms with Crippen molar-refractivity contribution in [2.45, 2.75) is 58.0 Å². The van der Waals surface area contributed by atoms with E-state index in [0.717, 1.165) is 24.0 Å². The number of pyridine rings is 1. The van der Waals surface area contributed by atoms with Crippen molar-refractivity contribution in [3.63, 3.8) is 0 Å². The molecule has 0 spiro atoms. The molecule has 3 rings (SSSR count). The molecule has 1 aliphatic carbocycles. The Balaban J connectivity index is 1.89. The van der Waals surface area contributed by atoms with Crippen LogP contribution in [-0.2, 0) is 6.54 Å². The third-order valence-corrected chi connectivity index (χ3v) is 4.83. The molecule has 2 N–H and O–H groups in total. The summed E-state index contributed by atoms with van der Waals surface area (Å²) in [6.45, 7) is 3.82. The first-order valence-electron chi connectivity index (χ1n) is 7.73. The van der Waals surface area contributed by atoms with Crippen LogP contribution < -0.4 is 10.6 Å². The van der Waals surface area contributed by atoms with Gasteiger partial charge in [0.15, 0.2) is 0 Å². The number of rotatable bonds is 3. The minimum Gasteiger partial charge on any atom is -0.353 e. The van der Waals surface area contributed by atoms with Gasteiger partial charge in [0.1, 0.15) is 5.82 Å². The van der Waals surface area contributed by atoms with Crippen molar-refractivity contribution in [1.29, 1.82) is 0 Å². The SMILES string of the molecule is Cc1ccc(CN)c(N2CCCC2C2CCCC2)n1. The molecule has 2 aliphatic rings. The van der Waals surface area contributed by atoms with E-state index in [9.17, 15) is 0 Å². The Hall–Kier alpha value is -1.09. The lowest BCUT2D eigenvalue weighted by Gasteiger charge is -2.31. The molecule has 0 radical (unpaired) electrons. The van der Waals surface area contributed by atoms with Crippen LogP contribution in [0.1, 0.15) is 49.8 Å². The Labute approximate surface area is 116 Å². The molecule has 0 aromatic carbocycles. The molecule has 3 nitrogen and oxygen atoms in total. The third-order valence-electron chi connectivity index (χ3n) is 4.83. The highest BCUT2D eigenvalue weighted by Gasteiger charge is 2.34. The molecule has 1 atom stereocenters. The summed E-state index contributed by atoms with van der Waals surface area (Å²) >= 11 is 0. The molecule has 1 unspecified atom stereocenters. The average molecular weight is 259 g/mol. The molecule has 1 aliphatic heterocycles. The average Bonchev–Trinajstić information content (AvgIpc) is 3.09. The van der Waals surface area contributed by atoms with Crippen LogP contribution in [0.3, 0.4) is 0 Å². The van der Waals surface area contributed by atoms with Crippen LogP contribution in [0.15, 0.2) is 12.1 Å². The van der Waals surface area contributed by atoms with Gasteiger partial charge in [-0.05, 0) is 44.6 Å². The number of hydrogen-bond donors (Lipinski definition) is 1. The minimum atomic E-state index is 0.594. The van der Waals surface area contributed by atoms with Crippen molar-refractivity contribution < 1.29 is 0 Å². The summed E-state index contributed by atoms with van der Waals surface area (Å²) in [5.74, 6) is 2.05. The summed E-state index contributed by atoms with van der Waals surface area (Å²) < 4.78 is 0. The zero-order chi connectivity index (χ0) is 13.2. The van der Waals surface area contributed by atoms with E-state index < -0.39 is 0 Å². The fourth-order valence-electron chi connectivity index (χ4n) is 3.87. The summed E-state index contributed by atoms with van der Waals surface area (Å²) in [5, 5.41) is 0.